The van der Waals surface area contributed by atoms with Gasteiger partial charge in [0, 0.05) is 4.47 Å². The molecule has 0 fully saturated rings. The molecule has 0 heterocycles. The fraction of sp³-hybridized carbons (Fsp3) is 0.125. The Morgan fingerprint density at radius 3 is 2.92 bits per heavy atom. The van der Waals surface area contributed by atoms with Gasteiger partial charge < -0.3 is 0 Å². The molecule has 0 unspecified atom stereocenters. The molecule has 0 bridgehead atoms. The second-order valence-electron chi connectivity index (χ2n) is 2.26. The van der Waals surface area contributed by atoms with Gasteiger partial charge in [0.15, 0.2) is 0 Å². The monoisotopic (exact) mass is 263 g/mol. The Kier molecular flexibility index (Phi) is 3.71. The number of halogens is 2. The maximum absolute atomic E-state index is 11.3. The first kappa shape index (κ1) is 10.5. The van der Waals surface area contributed by atoms with Crippen LogP contribution in [0, 0.1) is 0 Å². The van der Waals surface area contributed by atoms with Crippen LogP contribution >= 0.6 is 27.5 Å². The quantitative estimate of drug-likeness (QED) is 0.833. The molecule has 1 aromatic carbocycles. The first-order valence-corrected chi connectivity index (χ1v) is 4.60. The third-order valence-corrected chi connectivity index (χ3v) is 2.19. The van der Waals surface area contributed by atoms with Crippen molar-refractivity contribution in [3.8, 4) is 0 Å². The van der Waals surface area contributed by atoms with E-state index in [4.69, 9.17) is 11.6 Å². The van der Waals surface area contributed by atoms with Crippen molar-refractivity contribution in [2.24, 2.45) is 0 Å². The zero-order valence-electron chi connectivity index (χ0n) is 6.80. The van der Waals surface area contributed by atoms with Gasteiger partial charge in [0.05, 0.1) is 17.7 Å². The molecule has 0 aromatic heterocycles. The average Bonchev–Trinajstić information content (AvgIpc) is 2.09. The zero-order chi connectivity index (χ0) is 9.84. The number of hydrogen-bond donors (Lipinski definition) is 1. The lowest BCUT2D eigenvalue weighted by molar-refractivity contribution is 0.0538. The number of hydrogen-bond acceptors (Lipinski definition) is 2. The van der Waals surface area contributed by atoms with Gasteiger partial charge in [0.2, 0.25) is 0 Å². The van der Waals surface area contributed by atoms with Crippen LogP contribution in [0.15, 0.2) is 22.7 Å². The second kappa shape index (κ2) is 4.60. The number of nitrogens with one attached hydrogen (secondary N) is 1. The Balaban J connectivity index is 2.99. The van der Waals surface area contributed by atoms with Crippen molar-refractivity contribution in [2.75, 3.05) is 7.11 Å². The third-order valence-electron chi connectivity index (χ3n) is 1.37. The number of carbonyl (C=O) groups excluding carboxylic acids is 1. The molecular weight excluding hydrogens is 257 g/mol. The molecule has 1 aromatic rings. The predicted molar refractivity (Wildman–Crippen MR) is 53.6 cm³/mol. The lowest BCUT2D eigenvalue weighted by atomic mass is 10.2. The van der Waals surface area contributed by atoms with Crippen molar-refractivity contribution in [1.29, 1.82) is 0 Å². The molecule has 1 amide bonds. The van der Waals surface area contributed by atoms with Crippen LogP contribution in [0.1, 0.15) is 10.4 Å². The van der Waals surface area contributed by atoms with Crippen LogP contribution in [-0.2, 0) is 4.84 Å². The lowest BCUT2D eigenvalue weighted by Crippen LogP contribution is -2.22. The molecule has 0 atom stereocenters. The minimum absolute atomic E-state index is 0.367. The summed E-state index contributed by atoms with van der Waals surface area (Å²) in [6, 6.07) is 5.01. The van der Waals surface area contributed by atoms with E-state index >= 15 is 0 Å². The summed E-state index contributed by atoms with van der Waals surface area (Å²) in [5.74, 6) is -0.367. The Labute approximate surface area is 89.1 Å². The fourth-order valence-corrected chi connectivity index (χ4v) is 1.38. The van der Waals surface area contributed by atoms with Crippen LogP contribution < -0.4 is 5.48 Å². The molecule has 0 saturated carbocycles. The molecule has 0 aliphatic rings. The van der Waals surface area contributed by atoms with E-state index in [1.54, 1.807) is 18.2 Å². The standard InChI is InChI=1S/C8H7BrClNO2/c1-13-11-8(12)6-4-5(9)2-3-7(6)10/h2-4H,1H3,(H,11,12). The number of carbonyl (C=O) groups is 1. The molecule has 0 saturated heterocycles. The molecule has 3 nitrogen and oxygen atoms in total. The van der Waals surface area contributed by atoms with Crippen molar-refractivity contribution in [3.05, 3.63) is 33.3 Å². The largest absolute Gasteiger partial charge is 0.277 e. The average molecular weight is 265 g/mol. The molecule has 1 rings (SSSR count). The van der Waals surface area contributed by atoms with Crippen LogP contribution in [0.25, 0.3) is 0 Å². The Morgan fingerprint density at radius 1 is 1.62 bits per heavy atom. The van der Waals surface area contributed by atoms with Crippen molar-refractivity contribution in [3.63, 3.8) is 0 Å². The van der Waals surface area contributed by atoms with Gasteiger partial charge in [-0.1, -0.05) is 27.5 Å². The molecule has 0 aliphatic carbocycles. The van der Waals surface area contributed by atoms with E-state index in [9.17, 15) is 4.79 Å². The second-order valence-corrected chi connectivity index (χ2v) is 3.58. The highest BCUT2D eigenvalue weighted by Gasteiger charge is 2.09. The summed E-state index contributed by atoms with van der Waals surface area (Å²) in [5, 5.41) is 0.387. The molecule has 70 valence electrons. The van der Waals surface area contributed by atoms with Gasteiger partial charge in [-0.25, -0.2) is 5.48 Å². The molecule has 13 heavy (non-hydrogen) atoms. The molecule has 0 spiro atoms. The molecule has 0 radical (unpaired) electrons. The summed E-state index contributed by atoms with van der Waals surface area (Å²) >= 11 is 9.03. The molecule has 5 heteroatoms. The fourth-order valence-electron chi connectivity index (χ4n) is 0.819. The topological polar surface area (TPSA) is 38.3 Å². The first-order valence-electron chi connectivity index (χ1n) is 3.43. The van der Waals surface area contributed by atoms with Gasteiger partial charge in [-0.3, -0.25) is 9.63 Å². The van der Waals surface area contributed by atoms with Gasteiger partial charge in [-0.2, -0.15) is 0 Å². The van der Waals surface area contributed by atoms with Gasteiger partial charge in [-0.15, -0.1) is 0 Å². The van der Waals surface area contributed by atoms with E-state index in [1.807, 2.05) is 0 Å². The van der Waals surface area contributed by atoms with Gasteiger partial charge in [0.1, 0.15) is 0 Å². The smallest absolute Gasteiger partial charge is 0.276 e. The summed E-state index contributed by atoms with van der Waals surface area (Å²) in [6.45, 7) is 0. The molecular formula is C8H7BrClNO2. The van der Waals surface area contributed by atoms with E-state index in [0.29, 0.717) is 10.6 Å². The van der Waals surface area contributed by atoms with Crippen molar-refractivity contribution in [1.82, 2.24) is 5.48 Å². The molecule has 1 N–H and O–H groups in total. The Morgan fingerprint density at radius 2 is 2.31 bits per heavy atom. The van der Waals surface area contributed by atoms with Crippen LogP contribution in [0.2, 0.25) is 5.02 Å². The van der Waals surface area contributed by atoms with Crippen LogP contribution in [0.5, 0.6) is 0 Å². The number of hydroxylamine groups is 1. The zero-order valence-corrected chi connectivity index (χ0v) is 9.15. The number of rotatable bonds is 2. The SMILES string of the molecule is CONC(=O)c1cc(Br)ccc1Cl. The minimum atomic E-state index is -0.367. The highest BCUT2D eigenvalue weighted by atomic mass is 79.9. The summed E-state index contributed by atoms with van der Waals surface area (Å²) < 4.78 is 0.790. The normalized spacial score (nSPS) is 9.77. The van der Waals surface area contributed by atoms with Crippen LogP contribution in [-0.4, -0.2) is 13.0 Å². The Hall–Kier alpha value is -0.580. The van der Waals surface area contributed by atoms with Gasteiger partial charge >= 0.3 is 0 Å². The minimum Gasteiger partial charge on any atom is -0.277 e. The van der Waals surface area contributed by atoms with E-state index in [2.05, 4.69) is 26.2 Å². The summed E-state index contributed by atoms with van der Waals surface area (Å²) in [7, 11) is 1.36. The number of amides is 1. The summed E-state index contributed by atoms with van der Waals surface area (Å²) in [6.07, 6.45) is 0. The van der Waals surface area contributed by atoms with Crippen LogP contribution in [0.3, 0.4) is 0 Å². The van der Waals surface area contributed by atoms with Crippen molar-refractivity contribution >= 4 is 33.4 Å². The summed E-state index contributed by atoms with van der Waals surface area (Å²) in [4.78, 5) is 15.8. The van der Waals surface area contributed by atoms with Crippen molar-refractivity contribution in [2.45, 2.75) is 0 Å². The maximum atomic E-state index is 11.3. The van der Waals surface area contributed by atoms with E-state index < -0.39 is 0 Å². The predicted octanol–water partition coefficient (Wildman–Crippen LogP) is 2.39. The summed E-state index contributed by atoms with van der Waals surface area (Å²) in [5.41, 5.74) is 2.56. The molecule has 0 aliphatic heterocycles. The highest BCUT2D eigenvalue weighted by Crippen LogP contribution is 2.20. The Bertz CT molecular complexity index is 330. The van der Waals surface area contributed by atoms with Crippen LogP contribution in [0.4, 0.5) is 0 Å². The van der Waals surface area contributed by atoms with Crippen molar-refractivity contribution < 1.29 is 9.63 Å². The number of benzene rings is 1. The lowest BCUT2D eigenvalue weighted by Gasteiger charge is -2.04. The van der Waals surface area contributed by atoms with Gasteiger partial charge in [0.25, 0.3) is 5.91 Å². The third kappa shape index (κ3) is 2.69. The highest BCUT2D eigenvalue weighted by molar-refractivity contribution is 9.10. The van der Waals surface area contributed by atoms with E-state index in [-0.39, 0.29) is 5.91 Å². The first-order chi connectivity index (χ1) is 6.15. The van der Waals surface area contributed by atoms with Gasteiger partial charge in [-0.05, 0) is 18.2 Å². The van der Waals surface area contributed by atoms with E-state index in [1.165, 1.54) is 7.11 Å². The van der Waals surface area contributed by atoms with E-state index in [0.717, 1.165) is 4.47 Å². The maximum Gasteiger partial charge on any atom is 0.276 e.